The molecule has 0 fully saturated rings. The first-order chi connectivity index (χ1) is 25.5. The molecular formula is C48H34N4. The maximum atomic E-state index is 5.12. The Morgan fingerprint density at radius 1 is 0.385 bits per heavy atom. The van der Waals surface area contributed by atoms with Gasteiger partial charge in [-0.25, -0.2) is 15.0 Å². The van der Waals surface area contributed by atoms with E-state index in [4.69, 9.17) is 15.0 Å². The van der Waals surface area contributed by atoms with Crippen LogP contribution in [-0.4, -0.2) is 19.5 Å². The summed E-state index contributed by atoms with van der Waals surface area (Å²) in [6.07, 6.45) is 0. The zero-order chi connectivity index (χ0) is 34.8. The zero-order valence-electron chi connectivity index (χ0n) is 29.0. The van der Waals surface area contributed by atoms with Crippen molar-refractivity contribution in [3.05, 3.63) is 181 Å². The van der Waals surface area contributed by atoms with Crippen molar-refractivity contribution in [2.75, 3.05) is 0 Å². The second-order valence-electron chi connectivity index (χ2n) is 14.1. The fraction of sp³-hybridized carbons (Fsp3) is 0.0625. The van der Waals surface area contributed by atoms with Crippen LogP contribution in [0.5, 0.6) is 0 Å². The van der Waals surface area contributed by atoms with Crippen LogP contribution in [0.1, 0.15) is 25.0 Å². The average Bonchev–Trinajstić information content (AvgIpc) is 3.66. The van der Waals surface area contributed by atoms with E-state index in [1.807, 2.05) is 18.2 Å². The Kier molecular flexibility index (Phi) is 6.80. The number of nitrogens with zero attached hydrogens (tertiary/aromatic N) is 4. The highest BCUT2D eigenvalue weighted by atomic mass is 15.0. The van der Waals surface area contributed by atoms with Gasteiger partial charge in [0.15, 0.2) is 17.5 Å². The summed E-state index contributed by atoms with van der Waals surface area (Å²) < 4.78 is 2.35. The van der Waals surface area contributed by atoms with E-state index in [1.54, 1.807) is 0 Å². The van der Waals surface area contributed by atoms with Crippen LogP contribution < -0.4 is 0 Å². The number of hydrogen-bond donors (Lipinski definition) is 0. The van der Waals surface area contributed by atoms with Crippen LogP contribution in [0.15, 0.2) is 170 Å². The Morgan fingerprint density at radius 3 is 1.67 bits per heavy atom. The topological polar surface area (TPSA) is 43.6 Å². The molecule has 7 aromatic carbocycles. The highest BCUT2D eigenvalue weighted by Gasteiger charge is 2.35. The first kappa shape index (κ1) is 30.2. The van der Waals surface area contributed by atoms with E-state index < -0.39 is 0 Å². The standard InChI is InChI=1S/C48H34N4/c1-48(2)41-19-11-9-17-37(41)38-27-23-35(30-42(38)48)47-50-45(32-15-7-4-8-16-32)49-46(51-47)33-21-25-36(26-22-33)52-43-20-12-10-18-39(43)40-29-34(24-28-44(40)52)31-13-5-3-6-14-31/h3-30H,1-2H3. The van der Waals surface area contributed by atoms with Crippen molar-refractivity contribution in [2.45, 2.75) is 19.3 Å². The lowest BCUT2D eigenvalue weighted by molar-refractivity contribution is 0.660. The normalized spacial score (nSPS) is 13.0. The summed E-state index contributed by atoms with van der Waals surface area (Å²) in [6, 6.07) is 60.2. The van der Waals surface area contributed by atoms with E-state index >= 15 is 0 Å². The van der Waals surface area contributed by atoms with Gasteiger partial charge in [-0.3, -0.25) is 0 Å². The number of fused-ring (bicyclic) bond motifs is 6. The number of rotatable bonds is 5. The molecule has 4 heteroatoms. The van der Waals surface area contributed by atoms with E-state index in [2.05, 4.69) is 170 Å². The van der Waals surface area contributed by atoms with Crippen LogP contribution in [-0.2, 0) is 5.41 Å². The van der Waals surface area contributed by atoms with Crippen molar-refractivity contribution >= 4 is 21.8 Å². The van der Waals surface area contributed by atoms with E-state index in [9.17, 15) is 0 Å². The lowest BCUT2D eigenvalue weighted by Gasteiger charge is -2.21. The molecule has 0 N–H and O–H groups in total. The third kappa shape index (κ3) is 4.79. The van der Waals surface area contributed by atoms with Gasteiger partial charge < -0.3 is 4.57 Å². The Morgan fingerprint density at radius 2 is 0.923 bits per heavy atom. The first-order valence-corrected chi connectivity index (χ1v) is 17.8. The Bertz CT molecular complexity index is 2800. The van der Waals surface area contributed by atoms with Crippen LogP contribution in [0, 0.1) is 0 Å². The predicted molar refractivity (Wildman–Crippen MR) is 213 cm³/mol. The van der Waals surface area contributed by atoms with E-state index in [1.165, 1.54) is 55.2 Å². The predicted octanol–water partition coefficient (Wildman–Crippen LogP) is 11.9. The smallest absolute Gasteiger partial charge is 0.164 e. The molecular weight excluding hydrogens is 633 g/mol. The van der Waals surface area contributed by atoms with Gasteiger partial charge >= 0.3 is 0 Å². The minimum absolute atomic E-state index is 0.119. The maximum Gasteiger partial charge on any atom is 0.164 e. The van der Waals surface area contributed by atoms with Crippen LogP contribution in [0.3, 0.4) is 0 Å². The molecule has 0 aliphatic heterocycles. The fourth-order valence-corrected chi connectivity index (χ4v) is 8.01. The Hall–Kier alpha value is -6.65. The first-order valence-electron chi connectivity index (χ1n) is 17.8. The summed E-state index contributed by atoms with van der Waals surface area (Å²) in [6.45, 7) is 4.60. The molecule has 2 aromatic heterocycles. The van der Waals surface area contributed by atoms with Gasteiger partial charge in [0.05, 0.1) is 11.0 Å². The molecule has 2 heterocycles. The second kappa shape index (κ2) is 11.7. The molecule has 0 saturated carbocycles. The van der Waals surface area contributed by atoms with Gasteiger partial charge in [-0.1, -0.05) is 135 Å². The van der Waals surface area contributed by atoms with Crippen molar-refractivity contribution < 1.29 is 0 Å². The molecule has 0 bridgehead atoms. The number of para-hydroxylation sites is 1. The molecule has 1 aliphatic rings. The van der Waals surface area contributed by atoms with Crippen LogP contribution >= 0.6 is 0 Å². The SMILES string of the molecule is CC1(C)c2ccccc2-c2ccc(-c3nc(-c4ccccc4)nc(-c4ccc(-n5c6ccccc6c6cc(-c7ccccc7)ccc65)cc4)n3)cc21. The molecule has 4 nitrogen and oxygen atoms in total. The molecule has 9 aromatic rings. The van der Waals surface area contributed by atoms with Crippen molar-refractivity contribution in [1.29, 1.82) is 0 Å². The lowest BCUT2D eigenvalue weighted by Crippen LogP contribution is -2.15. The van der Waals surface area contributed by atoms with Gasteiger partial charge in [0.1, 0.15) is 0 Å². The minimum Gasteiger partial charge on any atom is -0.309 e. The summed E-state index contributed by atoms with van der Waals surface area (Å²) in [4.78, 5) is 15.2. The number of aromatic nitrogens is 4. The van der Waals surface area contributed by atoms with Gasteiger partial charge in [0.25, 0.3) is 0 Å². The van der Waals surface area contributed by atoms with Gasteiger partial charge in [-0.2, -0.15) is 0 Å². The van der Waals surface area contributed by atoms with Gasteiger partial charge in [0, 0.05) is 38.6 Å². The third-order valence-corrected chi connectivity index (χ3v) is 10.7. The molecule has 0 spiro atoms. The highest BCUT2D eigenvalue weighted by Crippen LogP contribution is 2.49. The molecule has 0 amide bonds. The van der Waals surface area contributed by atoms with Gasteiger partial charge in [-0.05, 0) is 81.9 Å². The Labute approximate surface area is 302 Å². The molecule has 0 saturated heterocycles. The summed E-state index contributed by atoms with van der Waals surface area (Å²) in [7, 11) is 0. The fourth-order valence-electron chi connectivity index (χ4n) is 8.01. The molecule has 0 unspecified atom stereocenters. The van der Waals surface area contributed by atoms with Crippen molar-refractivity contribution in [3.63, 3.8) is 0 Å². The number of hydrogen-bond acceptors (Lipinski definition) is 3. The van der Waals surface area contributed by atoms with Crippen molar-refractivity contribution in [3.8, 4) is 62.1 Å². The van der Waals surface area contributed by atoms with Crippen molar-refractivity contribution in [2.24, 2.45) is 0 Å². The molecule has 246 valence electrons. The third-order valence-electron chi connectivity index (χ3n) is 10.7. The van der Waals surface area contributed by atoms with Crippen molar-refractivity contribution in [1.82, 2.24) is 19.5 Å². The van der Waals surface area contributed by atoms with E-state index in [-0.39, 0.29) is 5.41 Å². The summed E-state index contributed by atoms with van der Waals surface area (Å²) >= 11 is 0. The highest BCUT2D eigenvalue weighted by molar-refractivity contribution is 6.10. The molecule has 0 radical (unpaired) electrons. The van der Waals surface area contributed by atoms with E-state index in [0.29, 0.717) is 17.5 Å². The molecule has 52 heavy (non-hydrogen) atoms. The monoisotopic (exact) mass is 666 g/mol. The molecule has 1 aliphatic carbocycles. The molecule has 0 atom stereocenters. The van der Waals surface area contributed by atoms with Crippen LogP contribution in [0.2, 0.25) is 0 Å². The van der Waals surface area contributed by atoms with Crippen LogP contribution in [0.25, 0.3) is 83.9 Å². The van der Waals surface area contributed by atoms with E-state index in [0.717, 1.165) is 22.4 Å². The summed E-state index contributed by atoms with van der Waals surface area (Å²) in [5, 5.41) is 2.46. The minimum atomic E-state index is -0.119. The summed E-state index contributed by atoms with van der Waals surface area (Å²) in [5.41, 5.74) is 13.8. The lowest BCUT2D eigenvalue weighted by atomic mass is 9.82. The summed E-state index contributed by atoms with van der Waals surface area (Å²) in [5.74, 6) is 1.97. The second-order valence-corrected chi connectivity index (χ2v) is 14.1. The van der Waals surface area contributed by atoms with Gasteiger partial charge in [-0.15, -0.1) is 0 Å². The van der Waals surface area contributed by atoms with Crippen LogP contribution in [0.4, 0.5) is 0 Å². The number of benzene rings is 7. The Balaban J connectivity index is 1.08. The largest absolute Gasteiger partial charge is 0.309 e. The van der Waals surface area contributed by atoms with Gasteiger partial charge in [0.2, 0.25) is 0 Å². The average molecular weight is 667 g/mol. The maximum absolute atomic E-state index is 5.12. The molecule has 10 rings (SSSR count). The zero-order valence-corrected chi connectivity index (χ0v) is 29.0. The quantitative estimate of drug-likeness (QED) is 0.184.